The van der Waals surface area contributed by atoms with Crippen LogP contribution in [-0.4, -0.2) is 39.2 Å². The first-order chi connectivity index (χ1) is 9.17. The quantitative estimate of drug-likeness (QED) is 0.734. The van der Waals surface area contributed by atoms with Crippen molar-refractivity contribution < 1.29 is 14.3 Å². The van der Waals surface area contributed by atoms with E-state index >= 15 is 0 Å². The molecule has 1 aliphatic heterocycles. The summed E-state index contributed by atoms with van der Waals surface area (Å²) in [5, 5.41) is 0. The first kappa shape index (κ1) is 10.7. The minimum atomic E-state index is -0.439. The zero-order chi connectivity index (χ0) is 13.2. The van der Waals surface area contributed by atoms with Crippen molar-refractivity contribution in [2.75, 3.05) is 13.7 Å². The highest BCUT2D eigenvalue weighted by Crippen LogP contribution is 2.66. The van der Waals surface area contributed by atoms with Gasteiger partial charge in [-0.1, -0.05) is 0 Å². The molecule has 0 spiro atoms. The molecule has 0 aromatic carbocycles. The highest BCUT2D eigenvalue weighted by atomic mass is 16.5. The number of rotatable bonds is 2. The predicted octanol–water partition coefficient (Wildman–Crippen LogP) is 0.569. The third-order valence-electron chi connectivity index (χ3n) is 4.31. The van der Waals surface area contributed by atoms with Crippen molar-refractivity contribution in [1.29, 1.82) is 0 Å². The molecule has 98 valence electrons. The molecule has 1 saturated heterocycles. The number of imidazole rings is 1. The van der Waals surface area contributed by atoms with Crippen LogP contribution in [0.1, 0.15) is 13.0 Å². The summed E-state index contributed by atoms with van der Waals surface area (Å²) in [5.41, 5.74) is 0.874. The Kier molecular flexibility index (Phi) is 1.82. The molecular weight excluding hydrogens is 248 g/mol. The molecule has 2 aromatic rings. The van der Waals surface area contributed by atoms with E-state index < -0.39 is 5.41 Å². The fourth-order valence-electron chi connectivity index (χ4n) is 3.10. The molecule has 1 saturated carbocycles. The van der Waals surface area contributed by atoms with Crippen molar-refractivity contribution in [3.63, 3.8) is 0 Å². The number of hydrogen-bond acceptors (Lipinski definition) is 6. The molecule has 7 heteroatoms. The van der Waals surface area contributed by atoms with Crippen molar-refractivity contribution in [1.82, 2.24) is 19.5 Å². The number of hydrogen-bond donors (Lipinski definition) is 0. The fraction of sp³-hybridized carbons (Fsp3) is 0.500. The van der Waals surface area contributed by atoms with Crippen LogP contribution >= 0.6 is 0 Å². The second-order valence-corrected chi connectivity index (χ2v) is 5.14. The number of methoxy groups -OCH3 is 1. The van der Waals surface area contributed by atoms with E-state index in [1.165, 1.54) is 6.33 Å². The average molecular weight is 260 g/mol. The van der Waals surface area contributed by atoms with Gasteiger partial charge in [0.05, 0.1) is 31.5 Å². The van der Waals surface area contributed by atoms with Crippen LogP contribution in [0.4, 0.5) is 0 Å². The van der Waals surface area contributed by atoms with Gasteiger partial charge in [-0.15, -0.1) is 0 Å². The van der Waals surface area contributed by atoms with Crippen LogP contribution < -0.4 is 4.74 Å². The van der Waals surface area contributed by atoms with Crippen molar-refractivity contribution in [2.24, 2.45) is 11.3 Å². The fourth-order valence-corrected chi connectivity index (χ4v) is 3.10. The van der Waals surface area contributed by atoms with E-state index in [0.29, 0.717) is 23.7 Å². The summed E-state index contributed by atoms with van der Waals surface area (Å²) >= 11 is 0. The van der Waals surface area contributed by atoms with Crippen molar-refractivity contribution in [2.45, 2.75) is 13.0 Å². The Bertz CT molecular complexity index is 697. The van der Waals surface area contributed by atoms with Gasteiger partial charge in [0.1, 0.15) is 6.33 Å². The second kappa shape index (κ2) is 3.23. The largest absolute Gasteiger partial charge is 0.479 e. The van der Waals surface area contributed by atoms with E-state index in [2.05, 4.69) is 15.0 Å². The first-order valence-corrected chi connectivity index (χ1v) is 6.06. The van der Waals surface area contributed by atoms with Gasteiger partial charge in [0.15, 0.2) is 11.2 Å². The molecule has 2 fully saturated rings. The van der Waals surface area contributed by atoms with Gasteiger partial charge in [-0.25, -0.2) is 9.97 Å². The summed E-state index contributed by atoms with van der Waals surface area (Å²) in [5.74, 6) is 0.519. The topological polar surface area (TPSA) is 79.1 Å². The summed E-state index contributed by atoms with van der Waals surface area (Å²) < 4.78 is 12.2. The Morgan fingerprint density at radius 2 is 2.32 bits per heavy atom. The number of fused-ring (bicyclic) bond motifs is 2. The van der Waals surface area contributed by atoms with Crippen LogP contribution in [-0.2, 0) is 9.53 Å². The van der Waals surface area contributed by atoms with Gasteiger partial charge >= 0.3 is 5.97 Å². The zero-order valence-corrected chi connectivity index (χ0v) is 10.5. The molecular formula is C12H12N4O3. The Balaban J connectivity index is 1.84. The van der Waals surface area contributed by atoms with E-state index in [0.717, 1.165) is 0 Å². The summed E-state index contributed by atoms with van der Waals surface area (Å²) in [6.07, 6.45) is 3.14. The molecule has 3 heterocycles. The maximum Gasteiger partial charge on any atom is 0.314 e. The Morgan fingerprint density at radius 1 is 1.47 bits per heavy atom. The Labute approximate surface area is 108 Å². The summed E-state index contributed by atoms with van der Waals surface area (Å²) in [6.45, 7) is 2.41. The maximum absolute atomic E-state index is 11.8. The normalized spacial score (nSPS) is 32.2. The number of carbonyl (C=O) groups excluding carboxylic acids is 1. The third kappa shape index (κ3) is 1.13. The van der Waals surface area contributed by atoms with E-state index in [-0.39, 0.29) is 17.9 Å². The van der Waals surface area contributed by atoms with E-state index in [1.807, 2.05) is 11.5 Å². The van der Waals surface area contributed by atoms with E-state index in [4.69, 9.17) is 9.47 Å². The van der Waals surface area contributed by atoms with Crippen molar-refractivity contribution in [3.05, 3.63) is 12.7 Å². The number of nitrogens with zero attached hydrogens (tertiary/aromatic N) is 4. The first-order valence-electron chi connectivity index (χ1n) is 6.06. The van der Waals surface area contributed by atoms with Gasteiger partial charge in [-0.05, 0) is 6.92 Å². The molecule has 2 aliphatic rings. The number of ether oxygens (including phenoxy) is 2. The van der Waals surface area contributed by atoms with Crippen LogP contribution in [0.2, 0.25) is 0 Å². The van der Waals surface area contributed by atoms with Gasteiger partial charge in [0.25, 0.3) is 0 Å². The molecule has 0 N–H and O–H groups in total. The number of aromatic nitrogens is 4. The zero-order valence-electron chi connectivity index (χ0n) is 10.5. The highest BCUT2D eigenvalue weighted by molar-refractivity contribution is 5.85. The summed E-state index contributed by atoms with van der Waals surface area (Å²) in [4.78, 5) is 24.4. The molecule has 0 radical (unpaired) electrons. The average Bonchev–Trinajstić information content (AvgIpc) is 2.74. The third-order valence-corrected chi connectivity index (χ3v) is 4.31. The monoisotopic (exact) mass is 260 g/mol. The smallest absolute Gasteiger partial charge is 0.314 e. The van der Waals surface area contributed by atoms with Gasteiger partial charge in [0.2, 0.25) is 5.88 Å². The second-order valence-electron chi connectivity index (χ2n) is 5.14. The van der Waals surface area contributed by atoms with Crippen LogP contribution in [0.25, 0.3) is 11.2 Å². The van der Waals surface area contributed by atoms with Gasteiger partial charge in [-0.2, -0.15) is 4.98 Å². The maximum atomic E-state index is 11.8. The van der Waals surface area contributed by atoms with Gasteiger partial charge < -0.3 is 14.0 Å². The number of carbonyl (C=O) groups is 1. The minimum Gasteiger partial charge on any atom is -0.479 e. The van der Waals surface area contributed by atoms with E-state index in [1.54, 1.807) is 13.4 Å². The minimum absolute atomic E-state index is 0.0679. The summed E-state index contributed by atoms with van der Waals surface area (Å²) in [6, 6.07) is 0.0679. The summed E-state index contributed by atoms with van der Waals surface area (Å²) in [7, 11) is 1.55. The van der Waals surface area contributed by atoms with Gasteiger partial charge in [0, 0.05) is 5.92 Å². The molecule has 0 amide bonds. The van der Waals surface area contributed by atoms with Crippen LogP contribution in [0.3, 0.4) is 0 Å². The lowest BCUT2D eigenvalue weighted by Crippen LogP contribution is -2.16. The molecule has 1 aliphatic carbocycles. The van der Waals surface area contributed by atoms with Gasteiger partial charge in [-0.3, -0.25) is 4.79 Å². The lowest BCUT2D eigenvalue weighted by Gasteiger charge is -2.10. The lowest BCUT2D eigenvalue weighted by molar-refractivity contribution is -0.145. The van der Waals surface area contributed by atoms with Crippen molar-refractivity contribution in [3.8, 4) is 5.88 Å². The number of esters is 1. The Morgan fingerprint density at radius 3 is 3.00 bits per heavy atom. The lowest BCUT2D eigenvalue weighted by atomic mass is 10.1. The van der Waals surface area contributed by atoms with Crippen molar-refractivity contribution >= 4 is 17.1 Å². The Hall–Kier alpha value is -2.18. The standard InChI is InChI=1S/C12H12N4O3/c1-12-6(3-19-11(12)17)8(12)16-5-15-7-9(16)13-4-14-10(7)18-2/h4-6,8H,3H2,1-2H3/t6-,8?,12-/m0/s1. The van der Waals surface area contributed by atoms with Crippen LogP contribution in [0, 0.1) is 11.3 Å². The molecule has 0 bridgehead atoms. The van der Waals surface area contributed by atoms with Crippen LogP contribution in [0.5, 0.6) is 5.88 Å². The molecule has 4 rings (SSSR count). The highest BCUT2D eigenvalue weighted by Gasteiger charge is 2.72. The number of cyclic esters (lactones) is 1. The predicted molar refractivity (Wildman–Crippen MR) is 63.5 cm³/mol. The SMILES string of the molecule is COc1ncnc2c1ncn2C1[C@@H]2COC(=O)[C@]12C. The molecule has 2 aromatic heterocycles. The molecule has 3 atom stereocenters. The molecule has 1 unspecified atom stereocenters. The molecule has 19 heavy (non-hydrogen) atoms. The van der Waals surface area contributed by atoms with E-state index in [9.17, 15) is 4.79 Å². The molecule has 7 nitrogen and oxygen atoms in total. The van der Waals surface area contributed by atoms with Crippen LogP contribution in [0.15, 0.2) is 12.7 Å².